The van der Waals surface area contributed by atoms with E-state index in [0.717, 1.165) is 18.3 Å². The van der Waals surface area contributed by atoms with Gasteiger partial charge in [0.15, 0.2) is 0 Å². The van der Waals surface area contributed by atoms with Crippen LogP contribution in [0.25, 0.3) is 0 Å². The Morgan fingerprint density at radius 3 is 2.46 bits per heavy atom. The first-order valence-corrected chi connectivity index (χ1v) is 5.99. The van der Waals surface area contributed by atoms with Gasteiger partial charge in [-0.1, -0.05) is 0 Å². The summed E-state index contributed by atoms with van der Waals surface area (Å²) in [6.45, 7) is 3.53. The van der Waals surface area contributed by atoms with E-state index in [1.54, 1.807) is 0 Å². The minimum atomic E-state index is 0.800. The summed E-state index contributed by atoms with van der Waals surface area (Å²) < 4.78 is 0. The largest absolute Gasteiger partial charge is 0.317 e. The van der Waals surface area contributed by atoms with Crippen LogP contribution >= 0.6 is 12.6 Å². The molecule has 13 heavy (non-hydrogen) atoms. The molecule has 0 amide bonds. The summed E-state index contributed by atoms with van der Waals surface area (Å²) in [5.74, 6) is 0.977. The molecule has 2 nitrogen and oxygen atoms in total. The van der Waals surface area contributed by atoms with Gasteiger partial charge in [0.25, 0.3) is 0 Å². The molecule has 78 valence electrons. The van der Waals surface area contributed by atoms with E-state index in [0.29, 0.717) is 0 Å². The van der Waals surface area contributed by atoms with Crippen molar-refractivity contribution in [3.8, 4) is 0 Å². The molecule has 1 rings (SSSR count). The van der Waals surface area contributed by atoms with E-state index in [1.165, 1.54) is 38.8 Å². The zero-order valence-corrected chi connectivity index (χ0v) is 9.52. The van der Waals surface area contributed by atoms with Gasteiger partial charge in [0.1, 0.15) is 0 Å². The van der Waals surface area contributed by atoms with Gasteiger partial charge in [0.2, 0.25) is 0 Å². The van der Waals surface area contributed by atoms with Crippen molar-refractivity contribution in [3.63, 3.8) is 0 Å². The summed E-state index contributed by atoms with van der Waals surface area (Å²) >= 11 is 4.27. The van der Waals surface area contributed by atoms with E-state index in [9.17, 15) is 0 Å². The van der Waals surface area contributed by atoms with Crippen molar-refractivity contribution < 1.29 is 0 Å². The second kappa shape index (κ2) is 6.68. The summed E-state index contributed by atoms with van der Waals surface area (Å²) in [5.41, 5.74) is 0. The van der Waals surface area contributed by atoms with Gasteiger partial charge in [0.05, 0.1) is 0 Å². The summed E-state index contributed by atoms with van der Waals surface area (Å²) in [5, 5.41) is 3.45. The highest BCUT2D eigenvalue weighted by Gasteiger charge is 2.14. The van der Waals surface area contributed by atoms with Crippen LogP contribution in [-0.4, -0.2) is 43.4 Å². The standard InChI is InChI=1S/C10H22N2S/c1-12(8-9-13)10-4-2-6-11-7-3-5-10/h10-11,13H,2-9H2,1H3. The third-order valence-electron chi connectivity index (χ3n) is 2.86. The Labute approximate surface area is 87.5 Å². The van der Waals surface area contributed by atoms with Gasteiger partial charge >= 0.3 is 0 Å². The van der Waals surface area contributed by atoms with Gasteiger partial charge in [-0.05, 0) is 45.8 Å². The lowest BCUT2D eigenvalue weighted by Gasteiger charge is -2.29. The molecular formula is C10H22N2S. The molecule has 0 aromatic rings. The Balaban J connectivity index is 2.27. The monoisotopic (exact) mass is 202 g/mol. The Hall–Kier alpha value is 0.270. The van der Waals surface area contributed by atoms with Gasteiger partial charge in [-0.3, -0.25) is 0 Å². The fourth-order valence-corrected chi connectivity index (χ4v) is 2.29. The first-order chi connectivity index (χ1) is 6.34. The van der Waals surface area contributed by atoms with Crippen molar-refractivity contribution in [2.45, 2.75) is 31.7 Å². The Kier molecular flexibility index (Phi) is 5.83. The number of thiol groups is 1. The minimum absolute atomic E-state index is 0.800. The summed E-state index contributed by atoms with van der Waals surface area (Å²) in [4.78, 5) is 2.47. The normalized spacial score (nSPS) is 21.5. The highest BCUT2D eigenvalue weighted by molar-refractivity contribution is 7.80. The predicted molar refractivity (Wildman–Crippen MR) is 61.6 cm³/mol. The molecule has 0 atom stereocenters. The van der Waals surface area contributed by atoms with Crippen LogP contribution in [0.1, 0.15) is 25.7 Å². The topological polar surface area (TPSA) is 15.3 Å². The second-order valence-corrected chi connectivity index (χ2v) is 4.34. The Morgan fingerprint density at radius 2 is 1.92 bits per heavy atom. The molecule has 1 fully saturated rings. The van der Waals surface area contributed by atoms with Crippen molar-refractivity contribution in [2.75, 3.05) is 32.4 Å². The van der Waals surface area contributed by atoms with Crippen LogP contribution in [0.15, 0.2) is 0 Å². The van der Waals surface area contributed by atoms with E-state index in [2.05, 4.69) is 29.9 Å². The summed E-state index contributed by atoms with van der Waals surface area (Å²) in [6, 6.07) is 0.800. The average Bonchev–Trinajstić information content (AvgIpc) is 2.03. The maximum Gasteiger partial charge on any atom is 0.00934 e. The van der Waals surface area contributed by atoms with E-state index in [4.69, 9.17) is 0 Å². The van der Waals surface area contributed by atoms with Crippen molar-refractivity contribution in [1.82, 2.24) is 10.2 Å². The average molecular weight is 202 g/mol. The highest BCUT2D eigenvalue weighted by atomic mass is 32.1. The lowest BCUT2D eigenvalue weighted by Crippen LogP contribution is -2.36. The predicted octanol–water partition coefficient (Wildman–Crippen LogP) is 1.38. The minimum Gasteiger partial charge on any atom is -0.317 e. The number of nitrogens with one attached hydrogen (secondary N) is 1. The van der Waals surface area contributed by atoms with E-state index >= 15 is 0 Å². The molecule has 1 aliphatic heterocycles. The van der Waals surface area contributed by atoms with Gasteiger partial charge in [-0.15, -0.1) is 0 Å². The smallest absolute Gasteiger partial charge is 0.00934 e. The zero-order chi connectivity index (χ0) is 9.52. The third-order valence-corrected chi connectivity index (χ3v) is 3.06. The van der Waals surface area contributed by atoms with Crippen LogP contribution in [0, 0.1) is 0 Å². The van der Waals surface area contributed by atoms with Gasteiger partial charge in [-0.25, -0.2) is 0 Å². The van der Waals surface area contributed by atoms with Crippen molar-refractivity contribution >= 4 is 12.6 Å². The molecule has 1 saturated heterocycles. The van der Waals surface area contributed by atoms with E-state index in [-0.39, 0.29) is 0 Å². The third kappa shape index (κ3) is 4.34. The Morgan fingerprint density at radius 1 is 1.31 bits per heavy atom. The second-order valence-electron chi connectivity index (χ2n) is 3.89. The van der Waals surface area contributed by atoms with Gasteiger partial charge in [-0.2, -0.15) is 12.6 Å². The van der Waals surface area contributed by atoms with Crippen LogP contribution in [0.4, 0.5) is 0 Å². The maximum atomic E-state index is 4.27. The maximum absolute atomic E-state index is 4.27. The summed E-state index contributed by atoms with van der Waals surface area (Å²) in [7, 11) is 2.23. The lowest BCUT2D eigenvalue weighted by atomic mass is 10.0. The molecule has 1 N–H and O–H groups in total. The molecule has 1 heterocycles. The molecule has 0 radical (unpaired) electrons. The molecule has 0 bridgehead atoms. The van der Waals surface area contributed by atoms with Crippen molar-refractivity contribution in [3.05, 3.63) is 0 Å². The van der Waals surface area contributed by atoms with Crippen LogP contribution in [0.2, 0.25) is 0 Å². The number of hydrogen-bond acceptors (Lipinski definition) is 3. The fourth-order valence-electron chi connectivity index (χ4n) is 1.98. The van der Waals surface area contributed by atoms with Crippen molar-refractivity contribution in [2.24, 2.45) is 0 Å². The van der Waals surface area contributed by atoms with E-state index < -0.39 is 0 Å². The van der Waals surface area contributed by atoms with Crippen LogP contribution in [0.5, 0.6) is 0 Å². The van der Waals surface area contributed by atoms with Crippen LogP contribution in [0.3, 0.4) is 0 Å². The SMILES string of the molecule is CN(CCS)C1CCCNCCC1. The lowest BCUT2D eigenvalue weighted by molar-refractivity contribution is 0.217. The molecule has 0 aliphatic carbocycles. The summed E-state index contributed by atoms with van der Waals surface area (Å²) in [6.07, 6.45) is 5.33. The van der Waals surface area contributed by atoms with Gasteiger partial charge < -0.3 is 10.2 Å². The molecule has 0 spiro atoms. The molecular weight excluding hydrogens is 180 g/mol. The number of hydrogen-bond donors (Lipinski definition) is 2. The molecule has 0 aromatic heterocycles. The molecule has 1 aliphatic rings. The number of rotatable bonds is 3. The van der Waals surface area contributed by atoms with Crippen LogP contribution < -0.4 is 5.32 Å². The quantitative estimate of drug-likeness (QED) is 0.672. The van der Waals surface area contributed by atoms with Gasteiger partial charge in [0, 0.05) is 18.3 Å². The number of nitrogens with zero attached hydrogens (tertiary/aromatic N) is 1. The first kappa shape index (κ1) is 11.3. The first-order valence-electron chi connectivity index (χ1n) is 5.36. The molecule has 0 aromatic carbocycles. The Bertz CT molecular complexity index is 122. The molecule has 3 heteroatoms. The molecule has 0 saturated carbocycles. The molecule has 0 unspecified atom stereocenters. The zero-order valence-electron chi connectivity index (χ0n) is 8.63. The fraction of sp³-hybridized carbons (Fsp3) is 1.00. The van der Waals surface area contributed by atoms with E-state index in [1.807, 2.05) is 0 Å². The van der Waals surface area contributed by atoms with Crippen molar-refractivity contribution in [1.29, 1.82) is 0 Å². The highest BCUT2D eigenvalue weighted by Crippen LogP contribution is 2.13. The van der Waals surface area contributed by atoms with Crippen LogP contribution in [-0.2, 0) is 0 Å².